The molecule has 0 spiro atoms. The fraction of sp³-hybridized carbons (Fsp3) is 0.917. The zero-order valence-electron chi connectivity index (χ0n) is 9.62. The van der Waals surface area contributed by atoms with E-state index >= 15 is 0 Å². The van der Waals surface area contributed by atoms with Crippen LogP contribution >= 0.6 is 0 Å². The van der Waals surface area contributed by atoms with Gasteiger partial charge in [0.05, 0.1) is 0 Å². The van der Waals surface area contributed by atoms with Crippen LogP contribution in [0.3, 0.4) is 0 Å². The van der Waals surface area contributed by atoms with E-state index in [1.165, 1.54) is 12.8 Å². The van der Waals surface area contributed by atoms with Crippen LogP contribution in [-0.4, -0.2) is 12.3 Å². The molecule has 1 saturated carbocycles. The molecule has 3 unspecified atom stereocenters. The second kappa shape index (κ2) is 4.43. The van der Waals surface area contributed by atoms with Gasteiger partial charge in [0.1, 0.15) is 6.29 Å². The summed E-state index contributed by atoms with van der Waals surface area (Å²) in [7, 11) is 0. The van der Waals surface area contributed by atoms with Gasteiger partial charge < -0.3 is 10.5 Å². The first-order chi connectivity index (χ1) is 6.44. The van der Waals surface area contributed by atoms with Crippen molar-refractivity contribution in [1.29, 1.82) is 0 Å². The van der Waals surface area contributed by atoms with Gasteiger partial charge in [-0.25, -0.2) is 0 Å². The Morgan fingerprint density at radius 1 is 1.43 bits per heavy atom. The SMILES string of the molecule is CC1CCC(C)(C)CC(C=O)C(N)C1. The van der Waals surface area contributed by atoms with Crippen molar-refractivity contribution in [3.8, 4) is 0 Å². The van der Waals surface area contributed by atoms with Crippen LogP contribution in [0.1, 0.15) is 46.5 Å². The van der Waals surface area contributed by atoms with E-state index in [2.05, 4.69) is 20.8 Å². The van der Waals surface area contributed by atoms with Crippen molar-refractivity contribution in [2.24, 2.45) is 23.0 Å². The van der Waals surface area contributed by atoms with Gasteiger partial charge in [0.2, 0.25) is 0 Å². The van der Waals surface area contributed by atoms with E-state index in [-0.39, 0.29) is 17.4 Å². The average molecular weight is 197 g/mol. The molecule has 2 heteroatoms. The highest BCUT2D eigenvalue weighted by Gasteiger charge is 2.30. The van der Waals surface area contributed by atoms with Gasteiger partial charge in [0, 0.05) is 12.0 Å². The summed E-state index contributed by atoms with van der Waals surface area (Å²) in [6, 6.07) is 0.0714. The highest BCUT2D eigenvalue weighted by atomic mass is 16.1. The standard InChI is InChI=1S/C12H23NO/c1-9-4-5-12(2,3)7-10(8-14)11(13)6-9/h8-11H,4-7,13H2,1-3H3. The van der Waals surface area contributed by atoms with Crippen LogP contribution in [-0.2, 0) is 4.79 Å². The lowest BCUT2D eigenvalue weighted by Gasteiger charge is -2.35. The average Bonchev–Trinajstić information content (AvgIpc) is 2.10. The second-order valence-electron chi connectivity index (χ2n) is 5.71. The van der Waals surface area contributed by atoms with Gasteiger partial charge in [-0.05, 0) is 30.6 Å². The molecule has 0 aromatic rings. The summed E-state index contributed by atoms with van der Waals surface area (Å²) in [6.07, 6.45) is 5.46. The largest absolute Gasteiger partial charge is 0.327 e. The van der Waals surface area contributed by atoms with E-state index in [1.54, 1.807) is 0 Å². The molecule has 0 radical (unpaired) electrons. The molecule has 2 nitrogen and oxygen atoms in total. The number of carbonyl (C=O) groups is 1. The monoisotopic (exact) mass is 197 g/mol. The maximum absolute atomic E-state index is 10.9. The van der Waals surface area contributed by atoms with Gasteiger partial charge in [0.15, 0.2) is 0 Å². The predicted octanol–water partition coefficient (Wildman–Crippen LogP) is 2.37. The molecule has 0 aliphatic heterocycles. The summed E-state index contributed by atoms with van der Waals surface area (Å²) in [6.45, 7) is 6.73. The third kappa shape index (κ3) is 3.09. The van der Waals surface area contributed by atoms with Crippen molar-refractivity contribution < 1.29 is 4.79 Å². The molecule has 0 bridgehead atoms. The van der Waals surface area contributed by atoms with Gasteiger partial charge in [0.25, 0.3) is 0 Å². The van der Waals surface area contributed by atoms with E-state index in [0.29, 0.717) is 5.92 Å². The maximum atomic E-state index is 10.9. The Labute approximate surface area is 87.2 Å². The summed E-state index contributed by atoms with van der Waals surface area (Å²) < 4.78 is 0. The lowest BCUT2D eigenvalue weighted by atomic mass is 9.72. The topological polar surface area (TPSA) is 43.1 Å². The summed E-state index contributed by atoms with van der Waals surface area (Å²) >= 11 is 0. The third-order valence-electron chi connectivity index (χ3n) is 3.50. The maximum Gasteiger partial charge on any atom is 0.124 e. The minimum Gasteiger partial charge on any atom is -0.327 e. The van der Waals surface area contributed by atoms with E-state index in [4.69, 9.17) is 5.73 Å². The van der Waals surface area contributed by atoms with Gasteiger partial charge in [-0.3, -0.25) is 0 Å². The molecule has 0 saturated heterocycles. The first kappa shape index (κ1) is 11.7. The molecule has 1 aliphatic carbocycles. The van der Waals surface area contributed by atoms with Crippen LogP contribution < -0.4 is 5.73 Å². The Kier molecular flexibility index (Phi) is 3.71. The Hall–Kier alpha value is -0.370. The Bertz CT molecular complexity index is 200. The zero-order valence-corrected chi connectivity index (χ0v) is 9.62. The van der Waals surface area contributed by atoms with E-state index in [0.717, 1.165) is 19.1 Å². The van der Waals surface area contributed by atoms with Crippen molar-refractivity contribution in [3.63, 3.8) is 0 Å². The first-order valence-corrected chi connectivity index (χ1v) is 5.65. The van der Waals surface area contributed by atoms with Crippen LogP contribution in [0.25, 0.3) is 0 Å². The van der Waals surface area contributed by atoms with E-state index in [9.17, 15) is 4.79 Å². The van der Waals surface area contributed by atoms with Crippen LogP contribution in [0.4, 0.5) is 0 Å². The minimum atomic E-state index is 0.0627. The summed E-state index contributed by atoms with van der Waals surface area (Å²) in [5, 5.41) is 0. The normalized spacial score (nSPS) is 38.4. The lowest BCUT2D eigenvalue weighted by Crippen LogP contribution is -2.37. The molecule has 14 heavy (non-hydrogen) atoms. The third-order valence-corrected chi connectivity index (χ3v) is 3.50. The van der Waals surface area contributed by atoms with Crippen molar-refractivity contribution in [3.05, 3.63) is 0 Å². The highest BCUT2D eigenvalue weighted by molar-refractivity contribution is 5.54. The number of nitrogens with two attached hydrogens (primary N) is 1. The Morgan fingerprint density at radius 2 is 2.07 bits per heavy atom. The molecule has 1 fully saturated rings. The van der Waals surface area contributed by atoms with Crippen molar-refractivity contribution in [1.82, 2.24) is 0 Å². The van der Waals surface area contributed by atoms with E-state index < -0.39 is 0 Å². The van der Waals surface area contributed by atoms with E-state index in [1.807, 2.05) is 0 Å². The molecular weight excluding hydrogens is 174 g/mol. The van der Waals surface area contributed by atoms with Crippen LogP contribution in [0.2, 0.25) is 0 Å². The van der Waals surface area contributed by atoms with Crippen LogP contribution in [0.15, 0.2) is 0 Å². The summed E-state index contributed by atoms with van der Waals surface area (Å²) in [5.41, 5.74) is 6.31. The Morgan fingerprint density at radius 3 is 2.64 bits per heavy atom. The van der Waals surface area contributed by atoms with Crippen LogP contribution in [0.5, 0.6) is 0 Å². The predicted molar refractivity (Wildman–Crippen MR) is 58.9 cm³/mol. The van der Waals surface area contributed by atoms with Crippen molar-refractivity contribution >= 4 is 6.29 Å². The number of rotatable bonds is 1. The van der Waals surface area contributed by atoms with Gasteiger partial charge in [-0.15, -0.1) is 0 Å². The molecule has 1 rings (SSSR count). The molecular formula is C12H23NO. The number of hydrogen-bond acceptors (Lipinski definition) is 2. The quantitative estimate of drug-likeness (QED) is 0.656. The van der Waals surface area contributed by atoms with Crippen molar-refractivity contribution in [2.45, 2.75) is 52.5 Å². The van der Waals surface area contributed by atoms with Crippen molar-refractivity contribution in [2.75, 3.05) is 0 Å². The summed E-state index contributed by atoms with van der Waals surface area (Å²) in [4.78, 5) is 10.9. The van der Waals surface area contributed by atoms with Crippen LogP contribution in [0, 0.1) is 17.3 Å². The fourth-order valence-corrected chi connectivity index (χ4v) is 2.43. The molecule has 3 atom stereocenters. The van der Waals surface area contributed by atoms with Gasteiger partial charge in [-0.2, -0.15) is 0 Å². The first-order valence-electron chi connectivity index (χ1n) is 5.65. The fourth-order valence-electron chi connectivity index (χ4n) is 2.43. The second-order valence-corrected chi connectivity index (χ2v) is 5.71. The van der Waals surface area contributed by atoms with Gasteiger partial charge >= 0.3 is 0 Å². The molecule has 0 aromatic carbocycles. The number of hydrogen-bond donors (Lipinski definition) is 1. The molecule has 0 heterocycles. The molecule has 82 valence electrons. The molecule has 1 aliphatic rings. The molecule has 2 N–H and O–H groups in total. The smallest absolute Gasteiger partial charge is 0.124 e. The zero-order chi connectivity index (χ0) is 10.8. The number of carbonyl (C=O) groups excluding carboxylic acids is 1. The molecule has 0 amide bonds. The minimum absolute atomic E-state index is 0.0627. The molecule has 0 aromatic heterocycles. The number of aldehydes is 1. The van der Waals surface area contributed by atoms with Gasteiger partial charge in [-0.1, -0.05) is 27.2 Å². The summed E-state index contributed by atoms with van der Waals surface area (Å²) in [5.74, 6) is 0.722. The highest BCUT2D eigenvalue weighted by Crippen LogP contribution is 2.36. The lowest BCUT2D eigenvalue weighted by molar-refractivity contribution is -0.113. The Balaban J connectivity index is 2.71.